The molecule has 1 aromatic rings. The Labute approximate surface area is 116 Å². The second kappa shape index (κ2) is 7.29. The van der Waals surface area contributed by atoms with Crippen LogP contribution in [-0.2, 0) is 4.79 Å². The van der Waals surface area contributed by atoms with Crippen LogP contribution in [0.2, 0.25) is 0 Å². The second-order valence-corrected chi connectivity index (χ2v) is 5.39. The predicted octanol–water partition coefficient (Wildman–Crippen LogP) is 3.67. The van der Waals surface area contributed by atoms with Gasteiger partial charge in [-0.1, -0.05) is 38.1 Å². The van der Waals surface area contributed by atoms with Crippen LogP contribution in [0.25, 0.3) is 0 Å². The van der Waals surface area contributed by atoms with Gasteiger partial charge in [-0.15, -0.1) is 0 Å². The van der Waals surface area contributed by atoms with E-state index in [1.165, 1.54) is 11.1 Å². The molecule has 0 aliphatic rings. The second-order valence-electron chi connectivity index (χ2n) is 5.39. The first kappa shape index (κ1) is 15.7. The van der Waals surface area contributed by atoms with Crippen molar-refractivity contribution in [2.24, 2.45) is 0 Å². The average Bonchev–Trinajstić information content (AvgIpc) is 2.38. The Hall–Kier alpha value is -1.35. The van der Waals surface area contributed by atoms with Crippen LogP contribution in [0.15, 0.2) is 24.3 Å². The van der Waals surface area contributed by atoms with Crippen molar-refractivity contribution >= 4 is 5.97 Å². The van der Waals surface area contributed by atoms with E-state index in [0.29, 0.717) is 12.3 Å². The molecule has 0 heterocycles. The molecule has 2 atom stereocenters. The van der Waals surface area contributed by atoms with Gasteiger partial charge in [0.05, 0.1) is 0 Å². The van der Waals surface area contributed by atoms with Gasteiger partial charge in [0.2, 0.25) is 0 Å². The zero-order valence-electron chi connectivity index (χ0n) is 12.4. The van der Waals surface area contributed by atoms with Gasteiger partial charge in [0.1, 0.15) is 0 Å². The molecule has 0 saturated heterocycles. The molecule has 0 amide bonds. The lowest BCUT2D eigenvalue weighted by molar-refractivity contribution is -0.137. The van der Waals surface area contributed by atoms with E-state index in [0.717, 1.165) is 6.42 Å². The van der Waals surface area contributed by atoms with Gasteiger partial charge in [0.25, 0.3) is 0 Å². The van der Waals surface area contributed by atoms with Crippen molar-refractivity contribution in [3.8, 4) is 0 Å². The highest BCUT2D eigenvalue weighted by Gasteiger charge is 2.15. The number of rotatable bonds is 7. The standard InChI is InChI=1S/C16H25NO2/c1-5-12(2)13-6-8-14(9-7-13)15(17(3)4)10-11-16(18)19/h6-9,12,15H,5,10-11H2,1-4H3,(H,18,19). The van der Waals surface area contributed by atoms with Crippen LogP contribution < -0.4 is 0 Å². The van der Waals surface area contributed by atoms with Crippen molar-refractivity contribution in [3.63, 3.8) is 0 Å². The van der Waals surface area contributed by atoms with Gasteiger partial charge in [0.15, 0.2) is 0 Å². The summed E-state index contributed by atoms with van der Waals surface area (Å²) in [5, 5.41) is 8.82. The van der Waals surface area contributed by atoms with Crippen LogP contribution >= 0.6 is 0 Å². The monoisotopic (exact) mass is 263 g/mol. The first-order chi connectivity index (χ1) is 8.95. The zero-order valence-corrected chi connectivity index (χ0v) is 12.4. The van der Waals surface area contributed by atoms with Crippen LogP contribution in [0.3, 0.4) is 0 Å². The molecule has 3 nitrogen and oxygen atoms in total. The first-order valence-electron chi connectivity index (χ1n) is 6.93. The van der Waals surface area contributed by atoms with Crippen molar-refractivity contribution in [2.75, 3.05) is 14.1 Å². The molecule has 0 radical (unpaired) electrons. The maximum atomic E-state index is 10.7. The van der Waals surface area contributed by atoms with Crippen molar-refractivity contribution < 1.29 is 9.90 Å². The minimum absolute atomic E-state index is 0.169. The molecule has 1 rings (SSSR count). The number of nitrogens with zero attached hydrogens (tertiary/aromatic N) is 1. The Kier molecular flexibility index (Phi) is 6.03. The van der Waals surface area contributed by atoms with E-state index < -0.39 is 5.97 Å². The minimum Gasteiger partial charge on any atom is -0.481 e. The van der Waals surface area contributed by atoms with Crippen molar-refractivity contribution in [3.05, 3.63) is 35.4 Å². The number of benzene rings is 1. The van der Waals surface area contributed by atoms with Crippen LogP contribution in [0.1, 0.15) is 56.2 Å². The molecule has 106 valence electrons. The van der Waals surface area contributed by atoms with E-state index in [-0.39, 0.29) is 12.5 Å². The van der Waals surface area contributed by atoms with Crippen molar-refractivity contribution in [1.82, 2.24) is 4.90 Å². The van der Waals surface area contributed by atoms with Gasteiger partial charge in [-0.2, -0.15) is 0 Å². The maximum Gasteiger partial charge on any atom is 0.303 e. The van der Waals surface area contributed by atoms with Crippen LogP contribution in [0.4, 0.5) is 0 Å². The number of carboxylic acids is 1. The fourth-order valence-electron chi connectivity index (χ4n) is 2.27. The molecule has 0 aliphatic carbocycles. The summed E-state index contributed by atoms with van der Waals surface area (Å²) in [6.45, 7) is 4.41. The summed E-state index contributed by atoms with van der Waals surface area (Å²) in [6.07, 6.45) is 1.98. The van der Waals surface area contributed by atoms with Gasteiger partial charge >= 0.3 is 5.97 Å². The summed E-state index contributed by atoms with van der Waals surface area (Å²) < 4.78 is 0. The number of carboxylic acid groups (broad SMARTS) is 1. The molecule has 1 aromatic carbocycles. The Morgan fingerprint density at radius 2 is 1.74 bits per heavy atom. The molecule has 0 saturated carbocycles. The fraction of sp³-hybridized carbons (Fsp3) is 0.562. The number of carbonyl (C=O) groups is 1. The Balaban J connectivity index is 2.82. The Bertz CT molecular complexity index is 398. The summed E-state index contributed by atoms with van der Waals surface area (Å²) in [7, 11) is 3.99. The smallest absolute Gasteiger partial charge is 0.303 e. The molecular weight excluding hydrogens is 238 g/mol. The minimum atomic E-state index is -0.733. The summed E-state index contributed by atoms with van der Waals surface area (Å²) in [6, 6.07) is 8.77. The normalized spacial score (nSPS) is 14.4. The highest BCUT2D eigenvalue weighted by Crippen LogP contribution is 2.26. The van der Waals surface area contributed by atoms with Crippen molar-refractivity contribution in [1.29, 1.82) is 0 Å². The Morgan fingerprint density at radius 1 is 1.21 bits per heavy atom. The third-order valence-corrected chi connectivity index (χ3v) is 3.76. The summed E-state index contributed by atoms with van der Waals surface area (Å²) >= 11 is 0. The quantitative estimate of drug-likeness (QED) is 0.816. The molecule has 2 unspecified atom stereocenters. The fourth-order valence-corrected chi connectivity index (χ4v) is 2.27. The van der Waals surface area contributed by atoms with Gasteiger partial charge in [0, 0.05) is 12.5 Å². The maximum absolute atomic E-state index is 10.7. The SMILES string of the molecule is CCC(C)c1ccc(C(CCC(=O)O)N(C)C)cc1. The molecule has 0 bridgehead atoms. The molecule has 0 spiro atoms. The lowest BCUT2D eigenvalue weighted by Gasteiger charge is -2.24. The Morgan fingerprint density at radius 3 is 2.16 bits per heavy atom. The number of hydrogen-bond donors (Lipinski definition) is 1. The van der Waals surface area contributed by atoms with Crippen LogP contribution in [0.5, 0.6) is 0 Å². The molecule has 0 aliphatic heterocycles. The first-order valence-corrected chi connectivity index (χ1v) is 6.93. The van der Waals surface area contributed by atoms with E-state index in [1.54, 1.807) is 0 Å². The zero-order chi connectivity index (χ0) is 14.4. The van der Waals surface area contributed by atoms with Crippen LogP contribution in [-0.4, -0.2) is 30.1 Å². The van der Waals surface area contributed by atoms with Crippen molar-refractivity contribution in [2.45, 2.75) is 45.1 Å². The lowest BCUT2D eigenvalue weighted by Crippen LogP contribution is -2.21. The van der Waals surface area contributed by atoms with E-state index >= 15 is 0 Å². The number of aliphatic carboxylic acids is 1. The van der Waals surface area contributed by atoms with E-state index in [9.17, 15) is 4.79 Å². The molecule has 0 aromatic heterocycles. The topological polar surface area (TPSA) is 40.5 Å². The highest BCUT2D eigenvalue weighted by molar-refractivity contribution is 5.66. The van der Waals surface area contributed by atoms with Crippen LogP contribution in [0, 0.1) is 0 Å². The number of hydrogen-bond acceptors (Lipinski definition) is 2. The molecule has 0 fully saturated rings. The summed E-state index contributed by atoms with van der Waals surface area (Å²) in [5.41, 5.74) is 2.54. The summed E-state index contributed by atoms with van der Waals surface area (Å²) in [4.78, 5) is 12.8. The summed E-state index contributed by atoms with van der Waals surface area (Å²) in [5.74, 6) is -0.158. The van der Waals surface area contributed by atoms with Gasteiger partial charge in [-0.05, 0) is 44.0 Å². The van der Waals surface area contributed by atoms with E-state index in [2.05, 4.69) is 43.0 Å². The molecule has 19 heavy (non-hydrogen) atoms. The van der Waals surface area contributed by atoms with E-state index in [4.69, 9.17) is 5.11 Å². The molecular formula is C16H25NO2. The lowest BCUT2D eigenvalue weighted by atomic mass is 9.94. The van der Waals surface area contributed by atoms with Gasteiger partial charge < -0.3 is 10.0 Å². The third kappa shape index (κ3) is 4.67. The van der Waals surface area contributed by atoms with Gasteiger partial charge in [-0.25, -0.2) is 0 Å². The molecule has 3 heteroatoms. The van der Waals surface area contributed by atoms with E-state index in [1.807, 2.05) is 14.1 Å². The van der Waals surface area contributed by atoms with Gasteiger partial charge in [-0.3, -0.25) is 4.79 Å². The average molecular weight is 263 g/mol. The molecule has 1 N–H and O–H groups in total. The largest absolute Gasteiger partial charge is 0.481 e. The predicted molar refractivity (Wildman–Crippen MR) is 78.4 cm³/mol. The highest BCUT2D eigenvalue weighted by atomic mass is 16.4. The third-order valence-electron chi connectivity index (χ3n) is 3.76.